The molecule has 1 aliphatic carbocycles. The second-order valence-corrected chi connectivity index (χ2v) is 7.68. The molecule has 0 saturated carbocycles. The zero-order chi connectivity index (χ0) is 20.7. The molecule has 0 N–H and O–H groups in total. The number of nitro benzene ring substituents is 1. The molecule has 0 aliphatic heterocycles. The highest BCUT2D eigenvalue weighted by Crippen LogP contribution is 2.38. The average Bonchev–Trinajstić information content (AvgIpc) is 2.67. The number of carboxylic acids is 1. The van der Waals surface area contributed by atoms with Crippen molar-refractivity contribution in [2.75, 3.05) is 0 Å². The Kier molecular flexibility index (Phi) is 4.80. The van der Waals surface area contributed by atoms with Crippen LogP contribution in [0.3, 0.4) is 0 Å². The topological polar surface area (TPSA) is 96.2 Å². The van der Waals surface area contributed by atoms with Crippen LogP contribution in [0.1, 0.15) is 40.5 Å². The Balaban J connectivity index is 1.95. The number of nitro groups is 1. The second-order valence-electron chi connectivity index (χ2n) is 7.27. The number of hydrogen-bond donors (Lipinski definition) is 0. The van der Waals surface area contributed by atoms with Gasteiger partial charge in [0.15, 0.2) is 0 Å². The molecular formula is C22H16ClN2O4-. The third kappa shape index (κ3) is 3.47. The number of para-hydroxylation sites is 1. The molecule has 0 unspecified atom stereocenters. The van der Waals surface area contributed by atoms with Gasteiger partial charge in [-0.3, -0.25) is 10.1 Å². The number of pyridine rings is 1. The van der Waals surface area contributed by atoms with Crippen LogP contribution in [-0.2, 0) is 6.42 Å². The Bertz CT molecular complexity index is 1200. The molecule has 1 aromatic heterocycles. The van der Waals surface area contributed by atoms with E-state index in [0.29, 0.717) is 40.6 Å². The minimum atomic E-state index is -1.23. The first-order chi connectivity index (χ1) is 13.8. The molecule has 3 aromatic rings. The van der Waals surface area contributed by atoms with Crippen molar-refractivity contribution in [3.8, 4) is 0 Å². The molecule has 1 heterocycles. The molecule has 29 heavy (non-hydrogen) atoms. The van der Waals surface area contributed by atoms with E-state index in [9.17, 15) is 20.0 Å². The summed E-state index contributed by atoms with van der Waals surface area (Å²) in [4.78, 5) is 27.4. The van der Waals surface area contributed by atoms with Crippen LogP contribution in [-0.4, -0.2) is 15.9 Å². The largest absolute Gasteiger partial charge is 0.545 e. The van der Waals surface area contributed by atoms with E-state index in [-0.39, 0.29) is 22.2 Å². The van der Waals surface area contributed by atoms with Gasteiger partial charge in [0, 0.05) is 17.0 Å². The quantitative estimate of drug-likeness (QED) is 0.476. The van der Waals surface area contributed by atoms with Crippen molar-refractivity contribution in [2.24, 2.45) is 5.92 Å². The molecule has 1 atom stereocenters. The molecule has 0 bridgehead atoms. The van der Waals surface area contributed by atoms with Crippen LogP contribution in [0.15, 0.2) is 42.5 Å². The summed E-state index contributed by atoms with van der Waals surface area (Å²) in [6.07, 6.45) is 3.08. The summed E-state index contributed by atoms with van der Waals surface area (Å²) < 4.78 is 0. The highest BCUT2D eigenvalue weighted by atomic mass is 35.5. The molecule has 0 radical (unpaired) electrons. The summed E-state index contributed by atoms with van der Waals surface area (Å²) in [5, 5.41) is 23.8. The molecule has 0 spiro atoms. The van der Waals surface area contributed by atoms with Gasteiger partial charge in [0.05, 0.1) is 22.1 Å². The van der Waals surface area contributed by atoms with Gasteiger partial charge in [0.25, 0.3) is 5.69 Å². The summed E-state index contributed by atoms with van der Waals surface area (Å²) in [5.74, 6) is -1.03. The molecule has 0 amide bonds. The smallest absolute Gasteiger partial charge is 0.288 e. The van der Waals surface area contributed by atoms with Gasteiger partial charge in [-0.15, -0.1) is 0 Å². The Labute approximate surface area is 171 Å². The number of hydrogen-bond acceptors (Lipinski definition) is 5. The van der Waals surface area contributed by atoms with Gasteiger partial charge >= 0.3 is 0 Å². The predicted molar refractivity (Wildman–Crippen MR) is 110 cm³/mol. The van der Waals surface area contributed by atoms with Crippen LogP contribution < -0.4 is 5.11 Å². The number of benzene rings is 2. The van der Waals surface area contributed by atoms with Crippen LogP contribution in [0.4, 0.5) is 5.69 Å². The maximum absolute atomic E-state index is 12.0. The summed E-state index contributed by atoms with van der Waals surface area (Å²) in [7, 11) is 0. The SMILES string of the molecule is C[C@H]1C/C(=C\c2ccc(Cl)c([N+](=O)[O-])c2)c2nc3ccccc3c(C(=O)[O-])c2C1. The number of aromatic nitrogens is 1. The molecule has 7 heteroatoms. The molecule has 146 valence electrons. The number of carboxylic acid groups (broad SMARTS) is 1. The lowest BCUT2D eigenvalue weighted by Crippen LogP contribution is -2.27. The number of carbonyl (C=O) groups excluding carboxylic acids is 1. The summed E-state index contributed by atoms with van der Waals surface area (Å²) in [6, 6.07) is 11.7. The number of carbonyl (C=O) groups is 1. The molecular weight excluding hydrogens is 392 g/mol. The molecule has 0 fully saturated rings. The Morgan fingerprint density at radius 2 is 2.00 bits per heavy atom. The zero-order valence-electron chi connectivity index (χ0n) is 15.5. The number of aromatic carboxylic acids is 1. The van der Waals surface area contributed by atoms with E-state index >= 15 is 0 Å². The van der Waals surface area contributed by atoms with Crippen molar-refractivity contribution >= 4 is 45.8 Å². The van der Waals surface area contributed by atoms with Crippen molar-refractivity contribution in [2.45, 2.75) is 19.8 Å². The minimum absolute atomic E-state index is 0.0675. The third-order valence-electron chi connectivity index (χ3n) is 5.13. The summed E-state index contributed by atoms with van der Waals surface area (Å²) in [5.41, 5.74) is 3.28. The summed E-state index contributed by atoms with van der Waals surface area (Å²) in [6.45, 7) is 2.04. The highest BCUT2D eigenvalue weighted by molar-refractivity contribution is 6.32. The molecule has 4 rings (SSSR count). The van der Waals surface area contributed by atoms with Crippen LogP contribution in [0, 0.1) is 16.0 Å². The van der Waals surface area contributed by atoms with Gasteiger partial charge in [0.1, 0.15) is 5.02 Å². The van der Waals surface area contributed by atoms with Crippen molar-refractivity contribution in [1.82, 2.24) is 4.98 Å². The Hall–Kier alpha value is -3.25. The third-order valence-corrected chi connectivity index (χ3v) is 5.45. The van der Waals surface area contributed by atoms with Gasteiger partial charge in [-0.25, -0.2) is 4.98 Å². The van der Waals surface area contributed by atoms with E-state index in [0.717, 1.165) is 5.57 Å². The average molecular weight is 408 g/mol. The normalized spacial score (nSPS) is 17.3. The van der Waals surface area contributed by atoms with Gasteiger partial charge in [-0.05, 0) is 53.7 Å². The second kappa shape index (κ2) is 7.29. The van der Waals surface area contributed by atoms with E-state index in [1.807, 2.05) is 13.0 Å². The molecule has 6 nitrogen and oxygen atoms in total. The highest BCUT2D eigenvalue weighted by Gasteiger charge is 2.26. The van der Waals surface area contributed by atoms with E-state index in [1.54, 1.807) is 30.3 Å². The van der Waals surface area contributed by atoms with Gasteiger partial charge in [0.2, 0.25) is 0 Å². The Morgan fingerprint density at radius 3 is 2.72 bits per heavy atom. The first kappa shape index (κ1) is 19.1. The number of halogens is 1. The van der Waals surface area contributed by atoms with E-state index in [1.165, 1.54) is 12.1 Å². The van der Waals surface area contributed by atoms with E-state index in [4.69, 9.17) is 16.6 Å². The first-order valence-corrected chi connectivity index (χ1v) is 9.50. The Morgan fingerprint density at radius 1 is 1.24 bits per heavy atom. The van der Waals surface area contributed by atoms with E-state index < -0.39 is 10.9 Å². The maximum atomic E-state index is 12.0. The standard InChI is InChI=1S/C22H17ClN2O4/c1-12-8-14(10-13-6-7-17(23)19(11-13)25(28)29)21-16(9-12)20(22(26)27)15-4-2-3-5-18(15)24-21/h2-7,10-12H,8-9H2,1H3,(H,26,27)/p-1/b14-10+/t12-/m0/s1. The fourth-order valence-electron chi connectivity index (χ4n) is 3.93. The molecule has 2 aromatic carbocycles. The zero-order valence-corrected chi connectivity index (χ0v) is 16.3. The number of rotatable bonds is 3. The molecule has 1 aliphatic rings. The first-order valence-electron chi connectivity index (χ1n) is 9.13. The molecule has 0 saturated heterocycles. The van der Waals surface area contributed by atoms with Gasteiger partial charge in [-0.2, -0.15) is 0 Å². The minimum Gasteiger partial charge on any atom is -0.545 e. The lowest BCUT2D eigenvalue weighted by Gasteiger charge is -2.27. The summed E-state index contributed by atoms with van der Waals surface area (Å²) >= 11 is 5.91. The monoisotopic (exact) mass is 407 g/mol. The van der Waals surface area contributed by atoms with Gasteiger partial charge < -0.3 is 9.90 Å². The van der Waals surface area contributed by atoms with Crippen LogP contribution in [0.2, 0.25) is 5.02 Å². The number of allylic oxidation sites excluding steroid dienone is 1. The van der Waals surface area contributed by atoms with Crippen molar-refractivity contribution < 1.29 is 14.8 Å². The number of nitrogens with zero attached hydrogens (tertiary/aromatic N) is 2. The number of fused-ring (bicyclic) bond motifs is 2. The van der Waals surface area contributed by atoms with Crippen molar-refractivity contribution in [3.63, 3.8) is 0 Å². The van der Waals surface area contributed by atoms with Crippen LogP contribution in [0.25, 0.3) is 22.6 Å². The van der Waals surface area contributed by atoms with Crippen LogP contribution >= 0.6 is 11.6 Å². The predicted octanol–water partition coefficient (Wildman–Crippen LogP) is 4.28. The fraction of sp³-hybridized carbons (Fsp3) is 0.182. The lowest BCUT2D eigenvalue weighted by molar-refractivity contribution is -0.384. The fourth-order valence-corrected chi connectivity index (χ4v) is 4.12. The van der Waals surface area contributed by atoms with E-state index in [2.05, 4.69) is 0 Å². The maximum Gasteiger partial charge on any atom is 0.288 e. The van der Waals surface area contributed by atoms with Crippen LogP contribution in [0.5, 0.6) is 0 Å². The van der Waals surface area contributed by atoms with Crippen molar-refractivity contribution in [3.05, 3.63) is 80.0 Å². The lowest BCUT2D eigenvalue weighted by atomic mass is 9.80. The van der Waals surface area contributed by atoms with Crippen molar-refractivity contribution in [1.29, 1.82) is 0 Å². The van der Waals surface area contributed by atoms with Gasteiger partial charge in [-0.1, -0.05) is 42.8 Å².